The van der Waals surface area contributed by atoms with E-state index in [-0.39, 0.29) is 18.0 Å². The fourth-order valence-electron chi connectivity index (χ4n) is 1.61. The summed E-state index contributed by atoms with van der Waals surface area (Å²) in [5.41, 5.74) is 0. The number of hydrogen-bond donors (Lipinski definition) is 2. The number of β-amino-alcohol motifs (C(OH)–C–C–N with tert-alkyl or cyclic N) is 2. The molecule has 0 aromatic carbocycles. The Morgan fingerprint density at radius 2 is 1.88 bits per heavy atom. The van der Waals surface area contributed by atoms with Crippen LogP contribution in [0.3, 0.4) is 0 Å². The molecule has 17 heavy (non-hydrogen) atoms. The average Bonchev–Trinajstić information content (AvgIpc) is 2.60. The number of halogens is 1. The van der Waals surface area contributed by atoms with Crippen LogP contribution in [-0.4, -0.2) is 53.2 Å². The molecule has 1 aliphatic rings. The molecule has 2 rings (SSSR count). The van der Waals surface area contributed by atoms with Gasteiger partial charge in [-0.25, -0.2) is 12.8 Å². The second kappa shape index (κ2) is 4.30. The van der Waals surface area contributed by atoms with Crippen LogP contribution in [0.5, 0.6) is 0 Å². The third-order valence-electron chi connectivity index (χ3n) is 2.54. The van der Waals surface area contributed by atoms with Crippen LogP contribution in [0.1, 0.15) is 0 Å². The van der Waals surface area contributed by atoms with Crippen molar-refractivity contribution >= 4 is 10.0 Å². The van der Waals surface area contributed by atoms with Gasteiger partial charge in [0.15, 0.2) is 0 Å². The number of sulfonamides is 1. The highest BCUT2D eigenvalue weighted by molar-refractivity contribution is 7.89. The molecule has 1 fully saturated rings. The van der Waals surface area contributed by atoms with E-state index in [1.165, 1.54) is 0 Å². The van der Waals surface area contributed by atoms with Crippen LogP contribution in [0.2, 0.25) is 0 Å². The van der Waals surface area contributed by atoms with Gasteiger partial charge in [0.1, 0.15) is 10.7 Å². The number of aliphatic hydroxyl groups excluding tert-OH is 2. The minimum atomic E-state index is -3.92. The largest absolute Gasteiger partial charge is 0.389 e. The van der Waals surface area contributed by atoms with E-state index in [1.54, 1.807) is 0 Å². The number of hydrogen-bond acceptors (Lipinski definition) is 5. The van der Waals surface area contributed by atoms with Crippen molar-refractivity contribution in [1.82, 2.24) is 9.29 Å². The molecule has 0 bridgehead atoms. The van der Waals surface area contributed by atoms with Crippen molar-refractivity contribution in [3.8, 4) is 0 Å². The Bertz CT molecular complexity index is 511. The highest BCUT2D eigenvalue weighted by Gasteiger charge is 2.37. The number of pyridine rings is 1. The zero-order chi connectivity index (χ0) is 12.6. The Morgan fingerprint density at radius 1 is 1.29 bits per heavy atom. The Hall–Kier alpha value is -1.09. The Morgan fingerprint density at radius 3 is 2.41 bits per heavy atom. The van der Waals surface area contributed by atoms with E-state index in [1.807, 2.05) is 0 Å². The van der Waals surface area contributed by atoms with Gasteiger partial charge in [-0.05, 0) is 6.07 Å². The van der Waals surface area contributed by atoms with Gasteiger partial charge < -0.3 is 10.2 Å². The summed E-state index contributed by atoms with van der Waals surface area (Å²) in [4.78, 5) is 3.16. The first-order chi connectivity index (χ1) is 7.91. The van der Waals surface area contributed by atoms with Crippen molar-refractivity contribution in [2.45, 2.75) is 17.1 Å². The van der Waals surface area contributed by atoms with Gasteiger partial charge in [-0.2, -0.15) is 4.31 Å². The molecule has 8 heteroatoms. The van der Waals surface area contributed by atoms with Crippen molar-refractivity contribution in [1.29, 1.82) is 0 Å². The van der Waals surface area contributed by atoms with Crippen molar-refractivity contribution in [2.24, 2.45) is 0 Å². The van der Waals surface area contributed by atoms with E-state index in [9.17, 15) is 23.0 Å². The summed E-state index contributed by atoms with van der Waals surface area (Å²) in [6.07, 6.45) is -0.320. The normalized spacial score (nSPS) is 26.3. The van der Waals surface area contributed by atoms with E-state index in [0.717, 1.165) is 22.8 Å². The lowest BCUT2D eigenvalue weighted by Crippen LogP contribution is -2.30. The molecule has 0 spiro atoms. The van der Waals surface area contributed by atoms with Crippen LogP contribution >= 0.6 is 0 Å². The van der Waals surface area contributed by atoms with Crippen LogP contribution in [0.15, 0.2) is 23.4 Å². The molecule has 0 radical (unpaired) electrons. The second-order valence-electron chi connectivity index (χ2n) is 3.80. The van der Waals surface area contributed by atoms with E-state index in [2.05, 4.69) is 4.98 Å². The Labute approximate surface area is 97.4 Å². The molecule has 1 aromatic rings. The smallest absolute Gasteiger partial charge is 0.244 e. The van der Waals surface area contributed by atoms with Crippen LogP contribution in [-0.2, 0) is 10.0 Å². The van der Waals surface area contributed by atoms with Gasteiger partial charge in [-0.1, -0.05) is 0 Å². The molecule has 1 aromatic heterocycles. The minimum absolute atomic E-state index is 0.208. The third-order valence-corrected chi connectivity index (χ3v) is 4.34. The third kappa shape index (κ3) is 2.29. The van der Waals surface area contributed by atoms with Gasteiger partial charge in [0, 0.05) is 19.3 Å². The zero-order valence-electron chi connectivity index (χ0n) is 8.69. The number of aliphatic hydroxyl groups is 2. The van der Waals surface area contributed by atoms with Gasteiger partial charge in [-0.15, -0.1) is 0 Å². The topological polar surface area (TPSA) is 90.7 Å². The monoisotopic (exact) mass is 262 g/mol. The molecule has 0 saturated carbocycles. The summed E-state index contributed by atoms with van der Waals surface area (Å²) in [5, 5.41) is 18.6. The predicted molar refractivity (Wildman–Crippen MR) is 55.0 cm³/mol. The van der Waals surface area contributed by atoms with E-state index >= 15 is 0 Å². The van der Waals surface area contributed by atoms with Crippen LogP contribution in [0.25, 0.3) is 0 Å². The van der Waals surface area contributed by atoms with Crippen LogP contribution in [0, 0.1) is 5.82 Å². The quantitative estimate of drug-likeness (QED) is 0.709. The number of nitrogens with zero attached hydrogens (tertiary/aromatic N) is 2. The van der Waals surface area contributed by atoms with E-state index < -0.39 is 28.0 Å². The SMILES string of the molecule is O=S(=O)(c1cncc(F)c1)N1C[C@@H](O)[C@@H](O)C1. The van der Waals surface area contributed by atoms with Crippen molar-refractivity contribution in [2.75, 3.05) is 13.1 Å². The summed E-state index contributed by atoms with van der Waals surface area (Å²) in [5.74, 6) is -0.758. The summed E-state index contributed by atoms with van der Waals surface area (Å²) >= 11 is 0. The Balaban J connectivity index is 2.32. The molecule has 6 nitrogen and oxygen atoms in total. The molecule has 0 unspecified atom stereocenters. The maximum absolute atomic E-state index is 12.9. The van der Waals surface area contributed by atoms with Gasteiger partial charge in [0.05, 0.1) is 18.4 Å². The maximum atomic E-state index is 12.9. The van der Waals surface area contributed by atoms with Crippen molar-refractivity contribution in [3.63, 3.8) is 0 Å². The first-order valence-corrected chi connectivity index (χ1v) is 6.32. The predicted octanol–water partition coefficient (Wildman–Crippen LogP) is -1.05. The van der Waals surface area contributed by atoms with Crippen LogP contribution < -0.4 is 0 Å². The van der Waals surface area contributed by atoms with Gasteiger partial charge in [0.2, 0.25) is 10.0 Å². The fraction of sp³-hybridized carbons (Fsp3) is 0.444. The van der Waals surface area contributed by atoms with Crippen molar-refractivity contribution < 1.29 is 23.0 Å². The minimum Gasteiger partial charge on any atom is -0.389 e. The summed E-state index contributed by atoms with van der Waals surface area (Å²) in [6, 6.07) is 0.847. The molecule has 1 aliphatic heterocycles. The maximum Gasteiger partial charge on any atom is 0.244 e. The van der Waals surface area contributed by atoms with Crippen molar-refractivity contribution in [3.05, 3.63) is 24.3 Å². The Kier molecular flexibility index (Phi) is 3.13. The summed E-state index contributed by atoms with van der Waals surface area (Å²) in [6.45, 7) is -0.417. The highest BCUT2D eigenvalue weighted by Crippen LogP contribution is 2.21. The fourth-order valence-corrected chi connectivity index (χ4v) is 3.07. The molecule has 0 aliphatic carbocycles. The summed E-state index contributed by atoms with van der Waals surface area (Å²) in [7, 11) is -3.92. The molecule has 1 saturated heterocycles. The van der Waals surface area contributed by atoms with Gasteiger partial charge >= 0.3 is 0 Å². The molecule has 0 amide bonds. The lowest BCUT2D eigenvalue weighted by molar-refractivity contribution is 0.0572. The molecule has 94 valence electrons. The lowest BCUT2D eigenvalue weighted by Gasteiger charge is -2.14. The molecule has 2 atom stereocenters. The van der Waals surface area contributed by atoms with Gasteiger partial charge in [0.25, 0.3) is 0 Å². The number of aromatic nitrogens is 1. The van der Waals surface area contributed by atoms with Crippen LogP contribution in [0.4, 0.5) is 4.39 Å². The first-order valence-electron chi connectivity index (χ1n) is 4.88. The molecular formula is C9H11FN2O4S. The standard InChI is InChI=1S/C9H11FN2O4S/c10-6-1-7(3-11-2-6)17(15,16)12-4-8(13)9(14)5-12/h1-3,8-9,13-14H,4-5H2/t8-,9+. The van der Waals surface area contributed by atoms with Gasteiger partial charge in [-0.3, -0.25) is 4.98 Å². The molecule has 2 heterocycles. The number of rotatable bonds is 2. The second-order valence-corrected chi connectivity index (χ2v) is 5.73. The lowest BCUT2D eigenvalue weighted by atomic mass is 10.3. The average molecular weight is 262 g/mol. The molecular weight excluding hydrogens is 251 g/mol. The zero-order valence-corrected chi connectivity index (χ0v) is 9.51. The van der Waals surface area contributed by atoms with E-state index in [0.29, 0.717) is 0 Å². The molecule has 2 N–H and O–H groups in total. The summed E-state index contributed by atoms with van der Waals surface area (Å²) < 4.78 is 37.7. The highest BCUT2D eigenvalue weighted by atomic mass is 32.2. The van der Waals surface area contributed by atoms with E-state index in [4.69, 9.17) is 0 Å². The first kappa shape index (κ1) is 12.4.